The number of hydrogen-bond donors (Lipinski definition) is 1. The highest BCUT2D eigenvalue weighted by atomic mass is 16.5. The van der Waals surface area contributed by atoms with Gasteiger partial charge in [0, 0.05) is 12.6 Å². The fourth-order valence-corrected chi connectivity index (χ4v) is 2.58. The minimum atomic E-state index is -0.262. The predicted octanol–water partition coefficient (Wildman–Crippen LogP) is 2.08. The minimum Gasteiger partial charge on any atom is -0.383 e. The Morgan fingerprint density at radius 2 is 2.06 bits per heavy atom. The van der Waals surface area contributed by atoms with Crippen molar-refractivity contribution in [2.45, 2.75) is 38.1 Å². The summed E-state index contributed by atoms with van der Waals surface area (Å²) in [5, 5.41) is 0. The number of ether oxygens (including phenoxy) is 1. The van der Waals surface area contributed by atoms with Crippen LogP contribution in [-0.4, -0.2) is 19.3 Å². The summed E-state index contributed by atoms with van der Waals surface area (Å²) < 4.78 is 5.15. The first-order valence-corrected chi connectivity index (χ1v) is 5.99. The van der Waals surface area contributed by atoms with Gasteiger partial charge in [0.2, 0.25) is 0 Å². The van der Waals surface area contributed by atoms with Gasteiger partial charge in [0.05, 0.1) is 6.61 Å². The van der Waals surface area contributed by atoms with E-state index in [2.05, 4.69) is 18.2 Å². The van der Waals surface area contributed by atoms with Crippen molar-refractivity contribution in [3.8, 4) is 0 Å². The average Bonchev–Trinajstić information content (AvgIpc) is 2.63. The topological polar surface area (TPSA) is 35.2 Å². The van der Waals surface area contributed by atoms with Gasteiger partial charge < -0.3 is 10.5 Å². The first-order valence-electron chi connectivity index (χ1n) is 5.99. The Labute approximate surface area is 97.8 Å². The first kappa shape index (κ1) is 11.6. The van der Waals surface area contributed by atoms with Crippen molar-refractivity contribution in [2.24, 2.45) is 5.73 Å². The summed E-state index contributed by atoms with van der Waals surface area (Å²) in [5.41, 5.74) is 10.3. The third-order valence-corrected chi connectivity index (χ3v) is 3.24. The molecule has 1 aliphatic carbocycles. The van der Waals surface area contributed by atoms with Crippen LogP contribution in [-0.2, 0) is 24.0 Å². The van der Waals surface area contributed by atoms with Gasteiger partial charge in [0.25, 0.3) is 0 Å². The second kappa shape index (κ2) is 4.56. The Morgan fingerprint density at radius 3 is 2.81 bits per heavy atom. The zero-order valence-electron chi connectivity index (χ0n) is 10.3. The molecule has 0 spiro atoms. The molecule has 1 aromatic rings. The summed E-state index contributed by atoms with van der Waals surface area (Å²) in [6, 6.07) is 6.80. The Bertz CT molecular complexity index is 371. The minimum absolute atomic E-state index is 0.262. The van der Waals surface area contributed by atoms with E-state index >= 15 is 0 Å². The van der Waals surface area contributed by atoms with Gasteiger partial charge in [-0.1, -0.05) is 18.2 Å². The van der Waals surface area contributed by atoms with Gasteiger partial charge in [0.15, 0.2) is 0 Å². The number of rotatable bonds is 4. The molecule has 0 aromatic heterocycles. The van der Waals surface area contributed by atoms with E-state index in [0.717, 1.165) is 6.42 Å². The van der Waals surface area contributed by atoms with Crippen LogP contribution in [0.5, 0.6) is 0 Å². The number of aryl methyl sites for hydroxylation is 2. The molecular formula is C14H21NO. The van der Waals surface area contributed by atoms with Crippen molar-refractivity contribution < 1.29 is 4.74 Å². The lowest BCUT2D eigenvalue weighted by atomic mass is 9.93. The fourth-order valence-electron chi connectivity index (χ4n) is 2.58. The summed E-state index contributed by atoms with van der Waals surface area (Å²) >= 11 is 0. The van der Waals surface area contributed by atoms with Crippen LogP contribution in [0.15, 0.2) is 18.2 Å². The molecule has 2 N–H and O–H groups in total. The molecule has 88 valence electrons. The van der Waals surface area contributed by atoms with Crippen LogP contribution in [0.1, 0.15) is 30.0 Å². The van der Waals surface area contributed by atoms with E-state index in [1.165, 1.54) is 36.0 Å². The molecule has 0 saturated heterocycles. The third kappa shape index (κ3) is 2.63. The van der Waals surface area contributed by atoms with E-state index in [1.54, 1.807) is 7.11 Å². The van der Waals surface area contributed by atoms with Crippen molar-refractivity contribution >= 4 is 0 Å². The first-order chi connectivity index (χ1) is 7.61. The summed E-state index contributed by atoms with van der Waals surface area (Å²) in [6.45, 7) is 2.65. The number of hydrogen-bond acceptors (Lipinski definition) is 2. The predicted molar refractivity (Wildman–Crippen MR) is 66.6 cm³/mol. The number of fused-ring (bicyclic) bond motifs is 1. The van der Waals surface area contributed by atoms with Gasteiger partial charge in [-0.05, 0) is 49.3 Å². The molecule has 0 saturated carbocycles. The summed E-state index contributed by atoms with van der Waals surface area (Å²) in [6.07, 6.45) is 4.66. The highest BCUT2D eigenvalue weighted by Crippen LogP contribution is 2.24. The van der Waals surface area contributed by atoms with Gasteiger partial charge in [-0.3, -0.25) is 0 Å². The van der Waals surface area contributed by atoms with E-state index in [0.29, 0.717) is 6.61 Å². The Hall–Kier alpha value is -0.860. The quantitative estimate of drug-likeness (QED) is 0.841. The molecular weight excluding hydrogens is 198 g/mol. The second-order valence-corrected chi connectivity index (χ2v) is 5.22. The SMILES string of the molecule is COCC(C)(N)Cc1ccc2c(c1)CCC2. The van der Waals surface area contributed by atoms with Gasteiger partial charge in [-0.2, -0.15) is 0 Å². The van der Waals surface area contributed by atoms with E-state index in [1.807, 2.05) is 6.92 Å². The van der Waals surface area contributed by atoms with E-state index in [4.69, 9.17) is 10.5 Å². The molecule has 2 rings (SSSR count). The van der Waals surface area contributed by atoms with Crippen LogP contribution in [0, 0.1) is 0 Å². The van der Waals surface area contributed by atoms with Gasteiger partial charge in [-0.15, -0.1) is 0 Å². The lowest BCUT2D eigenvalue weighted by molar-refractivity contribution is 0.141. The number of benzene rings is 1. The largest absolute Gasteiger partial charge is 0.383 e. The molecule has 1 aromatic carbocycles. The highest BCUT2D eigenvalue weighted by Gasteiger charge is 2.20. The lowest BCUT2D eigenvalue weighted by Gasteiger charge is -2.23. The van der Waals surface area contributed by atoms with Gasteiger partial charge in [0.1, 0.15) is 0 Å². The van der Waals surface area contributed by atoms with Crippen LogP contribution >= 0.6 is 0 Å². The van der Waals surface area contributed by atoms with E-state index in [-0.39, 0.29) is 5.54 Å². The molecule has 16 heavy (non-hydrogen) atoms. The Balaban J connectivity index is 2.10. The van der Waals surface area contributed by atoms with Crippen LogP contribution in [0.3, 0.4) is 0 Å². The molecule has 0 radical (unpaired) electrons. The Kier molecular flexibility index (Phi) is 3.31. The molecule has 0 fully saturated rings. The van der Waals surface area contributed by atoms with Gasteiger partial charge >= 0.3 is 0 Å². The van der Waals surface area contributed by atoms with Crippen molar-refractivity contribution in [2.75, 3.05) is 13.7 Å². The zero-order valence-corrected chi connectivity index (χ0v) is 10.3. The van der Waals surface area contributed by atoms with Crippen molar-refractivity contribution in [3.05, 3.63) is 34.9 Å². The van der Waals surface area contributed by atoms with Crippen molar-refractivity contribution in [1.29, 1.82) is 0 Å². The van der Waals surface area contributed by atoms with Crippen molar-refractivity contribution in [3.63, 3.8) is 0 Å². The lowest BCUT2D eigenvalue weighted by Crippen LogP contribution is -2.43. The monoisotopic (exact) mass is 219 g/mol. The molecule has 2 nitrogen and oxygen atoms in total. The standard InChI is InChI=1S/C14H21NO/c1-14(15,10-16-2)9-11-6-7-12-4-3-5-13(12)8-11/h6-8H,3-5,9-10,15H2,1-2H3. The molecule has 0 aliphatic heterocycles. The van der Waals surface area contributed by atoms with Crippen LogP contribution in [0.2, 0.25) is 0 Å². The summed E-state index contributed by atoms with van der Waals surface area (Å²) in [7, 11) is 1.70. The average molecular weight is 219 g/mol. The molecule has 1 unspecified atom stereocenters. The molecule has 1 aliphatic rings. The summed E-state index contributed by atoms with van der Waals surface area (Å²) in [5.74, 6) is 0. The molecule has 0 amide bonds. The van der Waals surface area contributed by atoms with Gasteiger partial charge in [-0.25, -0.2) is 0 Å². The van der Waals surface area contributed by atoms with Crippen molar-refractivity contribution in [1.82, 2.24) is 0 Å². The maximum Gasteiger partial charge on any atom is 0.0642 e. The molecule has 2 heteroatoms. The highest BCUT2D eigenvalue weighted by molar-refractivity contribution is 5.35. The van der Waals surface area contributed by atoms with E-state index < -0.39 is 0 Å². The maximum absolute atomic E-state index is 6.18. The fraction of sp³-hybridized carbons (Fsp3) is 0.571. The van der Waals surface area contributed by atoms with E-state index in [9.17, 15) is 0 Å². The molecule has 1 atom stereocenters. The summed E-state index contributed by atoms with van der Waals surface area (Å²) in [4.78, 5) is 0. The smallest absolute Gasteiger partial charge is 0.0642 e. The van der Waals surface area contributed by atoms with Crippen LogP contribution < -0.4 is 5.73 Å². The van der Waals surface area contributed by atoms with Crippen LogP contribution in [0.25, 0.3) is 0 Å². The third-order valence-electron chi connectivity index (χ3n) is 3.24. The second-order valence-electron chi connectivity index (χ2n) is 5.22. The van der Waals surface area contributed by atoms with Crippen LogP contribution in [0.4, 0.5) is 0 Å². The normalized spacial score (nSPS) is 18.2. The molecule has 0 bridgehead atoms. The number of methoxy groups -OCH3 is 1. The number of nitrogens with two attached hydrogens (primary N) is 1. The zero-order chi connectivity index (χ0) is 11.6. The molecule has 0 heterocycles. The Morgan fingerprint density at radius 1 is 1.31 bits per heavy atom. The maximum atomic E-state index is 6.18.